The highest BCUT2D eigenvalue weighted by atomic mass is 32.2. The van der Waals surface area contributed by atoms with E-state index in [1.165, 1.54) is 5.56 Å². The molecule has 2 atom stereocenters. The van der Waals surface area contributed by atoms with Gasteiger partial charge in [0.25, 0.3) is 0 Å². The normalized spacial score (nSPS) is 22.8. The third-order valence-electron chi connectivity index (χ3n) is 5.26. The van der Waals surface area contributed by atoms with Crippen LogP contribution in [0.3, 0.4) is 0 Å². The van der Waals surface area contributed by atoms with Crippen molar-refractivity contribution in [3.05, 3.63) is 59.2 Å². The van der Waals surface area contributed by atoms with Crippen LogP contribution in [0.2, 0.25) is 0 Å². The molecule has 0 amide bonds. The standard InChI is InChI=1S/C21H24N2O3S2/c1-14-4-5-15(2)19(10-14)23-20-13-28(24,25)12-18(20)22-21(23)27-11-16-6-8-17(26-3)9-7-16/h4-10,18,20H,11-13H2,1-3H3. The number of ether oxygens (including phenoxy) is 1. The molecule has 2 aliphatic rings. The zero-order chi connectivity index (χ0) is 19.9. The number of nitrogens with zero attached hydrogens (tertiary/aromatic N) is 2. The summed E-state index contributed by atoms with van der Waals surface area (Å²) in [7, 11) is -1.38. The van der Waals surface area contributed by atoms with E-state index in [2.05, 4.69) is 49.1 Å². The fourth-order valence-electron chi connectivity index (χ4n) is 3.76. The molecule has 7 heteroatoms. The first-order chi connectivity index (χ1) is 13.4. The number of amidine groups is 1. The van der Waals surface area contributed by atoms with E-state index in [1.807, 2.05) is 12.1 Å². The number of methoxy groups -OCH3 is 1. The second kappa shape index (κ2) is 7.44. The van der Waals surface area contributed by atoms with Crippen LogP contribution in [0.4, 0.5) is 5.69 Å². The number of benzene rings is 2. The number of rotatable bonds is 4. The third kappa shape index (κ3) is 3.78. The Morgan fingerprint density at radius 1 is 1.14 bits per heavy atom. The van der Waals surface area contributed by atoms with Crippen molar-refractivity contribution in [3.8, 4) is 5.75 Å². The first-order valence-electron chi connectivity index (χ1n) is 9.27. The molecule has 0 saturated carbocycles. The van der Waals surface area contributed by atoms with E-state index in [-0.39, 0.29) is 23.6 Å². The summed E-state index contributed by atoms with van der Waals surface area (Å²) in [6.45, 7) is 4.13. The molecule has 1 saturated heterocycles. The van der Waals surface area contributed by atoms with Crippen molar-refractivity contribution < 1.29 is 13.2 Å². The Hall–Kier alpha value is -1.99. The Morgan fingerprint density at radius 3 is 2.61 bits per heavy atom. The maximum Gasteiger partial charge on any atom is 0.164 e. The molecule has 5 nitrogen and oxygen atoms in total. The van der Waals surface area contributed by atoms with Gasteiger partial charge in [-0.15, -0.1) is 0 Å². The van der Waals surface area contributed by atoms with E-state index >= 15 is 0 Å². The van der Waals surface area contributed by atoms with E-state index in [0.29, 0.717) is 0 Å². The van der Waals surface area contributed by atoms with Crippen LogP contribution in [0.15, 0.2) is 47.5 Å². The Bertz CT molecular complexity index is 1020. The lowest BCUT2D eigenvalue weighted by molar-refractivity contribution is 0.414. The number of hydrogen-bond donors (Lipinski definition) is 0. The van der Waals surface area contributed by atoms with E-state index in [9.17, 15) is 8.42 Å². The SMILES string of the molecule is COc1ccc(CSC2=NC3CS(=O)(=O)CC3N2c2cc(C)ccc2C)cc1. The lowest BCUT2D eigenvalue weighted by Crippen LogP contribution is -2.39. The number of thioether (sulfide) groups is 1. The Balaban J connectivity index is 1.62. The summed E-state index contributed by atoms with van der Waals surface area (Å²) in [5.74, 6) is 1.92. The molecule has 2 unspecified atom stereocenters. The fraction of sp³-hybridized carbons (Fsp3) is 0.381. The van der Waals surface area contributed by atoms with Crippen LogP contribution in [0, 0.1) is 13.8 Å². The molecule has 0 N–H and O–H groups in total. The molecule has 0 spiro atoms. The summed E-state index contributed by atoms with van der Waals surface area (Å²) in [6.07, 6.45) is 0. The monoisotopic (exact) mass is 416 g/mol. The number of aliphatic imine (C=N–C) groups is 1. The molecular weight excluding hydrogens is 392 g/mol. The van der Waals surface area contributed by atoms with Gasteiger partial charge in [0.05, 0.1) is 30.7 Å². The smallest absolute Gasteiger partial charge is 0.164 e. The molecule has 2 aromatic rings. The average Bonchev–Trinajstić information content (AvgIpc) is 3.13. The van der Waals surface area contributed by atoms with Crippen molar-refractivity contribution in [2.24, 2.45) is 4.99 Å². The lowest BCUT2D eigenvalue weighted by Gasteiger charge is -2.28. The quantitative estimate of drug-likeness (QED) is 0.762. The minimum absolute atomic E-state index is 0.108. The molecule has 0 bridgehead atoms. The summed E-state index contributed by atoms with van der Waals surface area (Å²) in [5, 5.41) is 0.911. The van der Waals surface area contributed by atoms with Gasteiger partial charge in [0.2, 0.25) is 0 Å². The number of anilines is 1. The average molecular weight is 417 g/mol. The second-order valence-corrected chi connectivity index (χ2v) is 10.5. The third-order valence-corrected chi connectivity index (χ3v) is 8.00. The topological polar surface area (TPSA) is 59.0 Å². The minimum Gasteiger partial charge on any atom is -0.497 e. The van der Waals surface area contributed by atoms with Gasteiger partial charge in [-0.25, -0.2) is 8.42 Å². The summed E-state index contributed by atoms with van der Waals surface area (Å²) in [5.41, 5.74) is 4.53. The van der Waals surface area contributed by atoms with Crippen molar-refractivity contribution in [2.45, 2.75) is 31.7 Å². The first-order valence-corrected chi connectivity index (χ1v) is 12.1. The van der Waals surface area contributed by atoms with Gasteiger partial charge in [0.1, 0.15) is 5.75 Å². The summed E-state index contributed by atoms with van der Waals surface area (Å²) in [6, 6.07) is 14.0. The molecular formula is C21H24N2O3S2. The molecule has 2 aliphatic heterocycles. The first kappa shape index (κ1) is 19.3. The fourth-order valence-corrected chi connectivity index (χ4v) is 6.68. The number of hydrogen-bond acceptors (Lipinski definition) is 6. The molecule has 2 heterocycles. The van der Waals surface area contributed by atoms with Crippen LogP contribution in [0.25, 0.3) is 0 Å². The Labute approximate surface area is 170 Å². The van der Waals surface area contributed by atoms with Crippen LogP contribution in [-0.4, -0.2) is 44.3 Å². The van der Waals surface area contributed by atoms with E-state index < -0.39 is 9.84 Å². The lowest BCUT2D eigenvalue weighted by atomic mass is 10.1. The molecule has 148 valence electrons. The highest BCUT2D eigenvalue weighted by Gasteiger charge is 2.47. The van der Waals surface area contributed by atoms with Crippen LogP contribution in [-0.2, 0) is 15.6 Å². The van der Waals surface area contributed by atoms with Gasteiger partial charge in [0.15, 0.2) is 15.0 Å². The van der Waals surface area contributed by atoms with E-state index in [1.54, 1.807) is 18.9 Å². The number of aryl methyl sites for hydroxylation is 2. The second-order valence-electron chi connectivity index (χ2n) is 7.42. The maximum atomic E-state index is 12.2. The zero-order valence-corrected chi connectivity index (χ0v) is 17.9. The van der Waals surface area contributed by atoms with Crippen molar-refractivity contribution in [1.82, 2.24) is 0 Å². The summed E-state index contributed by atoms with van der Waals surface area (Å²) in [4.78, 5) is 6.98. The van der Waals surface area contributed by atoms with Gasteiger partial charge in [0, 0.05) is 11.4 Å². The predicted molar refractivity (Wildman–Crippen MR) is 116 cm³/mol. The largest absolute Gasteiger partial charge is 0.497 e. The number of sulfone groups is 1. The van der Waals surface area contributed by atoms with Crippen LogP contribution in [0.5, 0.6) is 5.75 Å². The summed E-state index contributed by atoms with van der Waals surface area (Å²) >= 11 is 1.67. The van der Waals surface area contributed by atoms with Crippen molar-refractivity contribution >= 4 is 32.5 Å². The van der Waals surface area contributed by atoms with Gasteiger partial charge in [-0.2, -0.15) is 0 Å². The number of fused-ring (bicyclic) bond motifs is 1. The maximum absolute atomic E-state index is 12.2. The van der Waals surface area contributed by atoms with Gasteiger partial charge in [-0.3, -0.25) is 4.99 Å². The van der Waals surface area contributed by atoms with Crippen molar-refractivity contribution in [1.29, 1.82) is 0 Å². The predicted octanol–water partition coefficient (Wildman–Crippen LogP) is 3.59. The molecule has 4 rings (SSSR count). The molecule has 0 aliphatic carbocycles. The van der Waals surface area contributed by atoms with Gasteiger partial charge < -0.3 is 9.64 Å². The highest BCUT2D eigenvalue weighted by Crippen LogP contribution is 2.37. The van der Waals surface area contributed by atoms with Gasteiger partial charge in [-0.1, -0.05) is 36.0 Å². The summed E-state index contributed by atoms with van der Waals surface area (Å²) < 4.78 is 29.6. The molecule has 2 aromatic carbocycles. The van der Waals surface area contributed by atoms with Crippen molar-refractivity contribution in [3.63, 3.8) is 0 Å². The molecule has 0 aromatic heterocycles. The van der Waals surface area contributed by atoms with Gasteiger partial charge >= 0.3 is 0 Å². The zero-order valence-electron chi connectivity index (χ0n) is 16.3. The minimum atomic E-state index is -3.04. The van der Waals surface area contributed by atoms with Crippen LogP contribution in [0.1, 0.15) is 16.7 Å². The van der Waals surface area contributed by atoms with Crippen LogP contribution >= 0.6 is 11.8 Å². The van der Waals surface area contributed by atoms with E-state index in [4.69, 9.17) is 9.73 Å². The Kier molecular flexibility index (Phi) is 5.14. The Morgan fingerprint density at radius 2 is 1.89 bits per heavy atom. The van der Waals surface area contributed by atoms with E-state index in [0.717, 1.165) is 33.5 Å². The molecule has 0 radical (unpaired) electrons. The van der Waals surface area contributed by atoms with Crippen LogP contribution < -0.4 is 9.64 Å². The highest BCUT2D eigenvalue weighted by molar-refractivity contribution is 8.13. The van der Waals surface area contributed by atoms with Crippen molar-refractivity contribution in [2.75, 3.05) is 23.5 Å². The van der Waals surface area contributed by atoms with Gasteiger partial charge in [-0.05, 0) is 48.7 Å². The molecule has 1 fully saturated rings. The molecule has 28 heavy (non-hydrogen) atoms.